The molecule has 1 radical (unpaired) electrons. The van der Waals surface area contributed by atoms with Gasteiger partial charge in [-0.25, -0.2) is 0 Å². The topological polar surface area (TPSA) is 26.0 Å². The Morgan fingerprint density at radius 3 is 2.00 bits per heavy atom. The fraction of sp³-hybridized carbons (Fsp3) is 0.333. The van der Waals surface area contributed by atoms with E-state index >= 15 is 0 Å². The predicted molar refractivity (Wildman–Crippen MR) is 25.0 cm³/mol. The smallest absolute Gasteiger partial charge is 0.0104 e. The molecule has 0 amide bonds. The van der Waals surface area contributed by atoms with Crippen LogP contribution in [0.1, 0.15) is 0 Å². The Hall–Kier alpha value is 0.700. The average molecular weight is 80.1 g/mol. The van der Waals surface area contributed by atoms with Crippen LogP contribution in [0.25, 0.3) is 0 Å². The minimum Gasteiger partial charge on any atom is -0.327 e. The maximum atomic E-state index is 4.91. The summed E-state index contributed by atoms with van der Waals surface area (Å²) in [5.74, 6) is 0. The van der Waals surface area contributed by atoms with Gasteiger partial charge in [0.05, 0.1) is 0 Å². The molecule has 0 unspecified atom stereocenters. The third-order valence-electron chi connectivity index (χ3n) is 0.167. The van der Waals surface area contributed by atoms with E-state index in [0.717, 1.165) is 0 Å². The van der Waals surface area contributed by atoms with Crippen molar-refractivity contribution in [1.29, 1.82) is 0 Å². The van der Waals surface area contributed by atoms with Crippen molar-refractivity contribution in [3.05, 3.63) is 12.7 Å². The first-order valence-electron chi connectivity index (χ1n) is 1.22. The molecule has 0 aliphatic rings. The third-order valence-corrected chi connectivity index (χ3v) is 0.167. The van der Waals surface area contributed by atoms with Gasteiger partial charge in [-0.15, -0.1) is 6.58 Å². The first-order valence-corrected chi connectivity index (χ1v) is 1.22. The molecule has 0 fully saturated rings. The first kappa shape index (κ1) is 9.20. The number of rotatable bonds is 1. The van der Waals surface area contributed by atoms with E-state index < -0.39 is 0 Å². The van der Waals surface area contributed by atoms with Gasteiger partial charge in [-0.05, 0) is 0 Å². The van der Waals surface area contributed by atoms with Crippen LogP contribution in [0.2, 0.25) is 0 Å². The molecule has 2 heteroatoms. The quantitative estimate of drug-likeness (QED) is 0.341. The van der Waals surface area contributed by atoms with Gasteiger partial charge >= 0.3 is 0 Å². The summed E-state index contributed by atoms with van der Waals surface area (Å²) < 4.78 is 0. The number of hydrogen-bond acceptors (Lipinski definition) is 1. The molecular weight excluding hydrogens is 73.0 g/mol. The van der Waals surface area contributed by atoms with E-state index in [1.807, 2.05) is 0 Å². The maximum absolute atomic E-state index is 4.91. The van der Waals surface area contributed by atoms with Crippen LogP contribution in [0.3, 0.4) is 0 Å². The van der Waals surface area contributed by atoms with Crippen molar-refractivity contribution in [3.8, 4) is 0 Å². The second kappa shape index (κ2) is 8.83. The molecule has 0 rings (SSSR count). The molecule has 0 aliphatic carbocycles. The summed E-state index contributed by atoms with van der Waals surface area (Å²) in [4.78, 5) is 0. The molecule has 0 atom stereocenters. The number of hydrogen-bond donors (Lipinski definition) is 1. The van der Waals surface area contributed by atoms with E-state index in [2.05, 4.69) is 6.58 Å². The molecule has 0 heterocycles. The SMILES string of the molecule is C=CCN.[Na]. The van der Waals surface area contributed by atoms with Gasteiger partial charge in [-0.3, -0.25) is 0 Å². The fourth-order valence-corrected chi connectivity index (χ4v) is 0. The van der Waals surface area contributed by atoms with Gasteiger partial charge in [0.15, 0.2) is 0 Å². The van der Waals surface area contributed by atoms with Crippen LogP contribution in [0, 0.1) is 0 Å². The molecule has 1 nitrogen and oxygen atoms in total. The Labute approximate surface area is 54.5 Å². The average Bonchev–Trinajstić information content (AvgIpc) is 1.37. The van der Waals surface area contributed by atoms with E-state index in [1.165, 1.54) is 0 Å². The van der Waals surface area contributed by atoms with Gasteiger partial charge in [0.1, 0.15) is 0 Å². The Bertz CT molecular complexity index is 20.9. The summed E-state index contributed by atoms with van der Waals surface area (Å²) in [5, 5.41) is 0. The van der Waals surface area contributed by atoms with Gasteiger partial charge in [0.2, 0.25) is 0 Å². The molecule has 5 heavy (non-hydrogen) atoms. The van der Waals surface area contributed by atoms with E-state index in [9.17, 15) is 0 Å². The first-order chi connectivity index (χ1) is 1.91. The third kappa shape index (κ3) is 11.9. The monoisotopic (exact) mass is 80.0 g/mol. The van der Waals surface area contributed by atoms with Gasteiger partial charge in [0, 0.05) is 36.1 Å². The molecule has 0 bridgehead atoms. The number of nitrogens with two attached hydrogens (primary N) is 1. The molecule has 0 spiro atoms. The molecule has 0 aromatic rings. The Kier molecular flexibility index (Phi) is 16.2. The van der Waals surface area contributed by atoms with Gasteiger partial charge in [-0.1, -0.05) is 6.08 Å². The summed E-state index contributed by atoms with van der Waals surface area (Å²) in [6.45, 7) is 3.94. The van der Waals surface area contributed by atoms with Crippen LogP contribution in [-0.2, 0) is 0 Å². The van der Waals surface area contributed by atoms with Crippen molar-refractivity contribution in [2.24, 2.45) is 5.73 Å². The van der Waals surface area contributed by atoms with Crippen molar-refractivity contribution in [1.82, 2.24) is 0 Å². The van der Waals surface area contributed by atoms with Crippen molar-refractivity contribution in [2.45, 2.75) is 0 Å². The second-order valence-corrected chi connectivity index (χ2v) is 0.524. The molecule has 0 saturated carbocycles. The maximum Gasteiger partial charge on any atom is 0.0104 e. The van der Waals surface area contributed by atoms with Crippen LogP contribution >= 0.6 is 0 Å². The van der Waals surface area contributed by atoms with Crippen LogP contribution in [0.15, 0.2) is 12.7 Å². The Morgan fingerprint density at radius 1 is 1.80 bits per heavy atom. The van der Waals surface area contributed by atoms with E-state index in [1.54, 1.807) is 6.08 Å². The van der Waals surface area contributed by atoms with Gasteiger partial charge < -0.3 is 5.73 Å². The summed E-state index contributed by atoms with van der Waals surface area (Å²) in [5.41, 5.74) is 4.91. The molecule has 0 aromatic carbocycles. The zero-order chi connectivity index (χ0) is 3.41. The summed E-state index contributed by atoms with van der Waals surface area (Å²) in [7, 11) is 0. The summed E-state index contributed by atoms with van der Waals surface area (Å²) >= 11 is 0. The Balaban J connectivity index is 0. The predicted octanol–water partition coefficient (Wildman–Crippen LogP) is -0.250. The van der Waals surface area contributed by atoms with E-state index in [0.29, 0.717) is 6.54 Å². The van der Waals surface area contributed by atoms with Crippen molar-refractivity contribution in [2.75, 3.05) is 6.54 Å². The summed E-state index contributed by atoms with van der Waals surface area (Å²) in [6.07, 6.45) is 1.65. The zero-order valence-electron chi connectivity index (χ0n) is 3.57. The molecule has 0 aliphatic heterocycles. The summed E-state index contributed by atoms with van der Waals surface area (Å²) in [6, 6.07) is 0. The van der Waals surface area contributed by atoms with Gasteiger partial charge in [-0.2, -0.15) is 0 Å². The Morgan fingerprint density at radius 2 is 2.00 bits per heavy atom. The van der Waals surface area contributed by atoms with Crippen LogP contribution in [-0.4, -0.2) is 36.1 Å². The molecule has 0 saturated heterocycles. The normalized spacial score (nSPS) is 5.00. The van der Waals surface area contributed by atoms with Crippen LogP contribution in [0.4, 0.5) is 0 Å². The van der Waals surface area contributed by atoms with Crippen LogP contribution < -0.4 is 5.73 Å². The van der Waals surface area contributed by atoms with E-state index in [-0.39, 0.29) is 29.6 Å². The standard InChI is InChI=1S/C3H7N.Na/c1-2-3-4;/h2H,1,3-4H2;. The van der Waals surface area contributed by atoms with Crippen molar-refractivity contribution in [3.63, 3.8) is 0 Å². The minimum atomic E-state index is 0. The van der Waals surface area contributed by atoms with Crippen LogP contribution in [0.5, 0.6) is 0 Å². The second-order valence-electron chi connectivity index (χ2n) is 0.524. The largest absolute Gasteiger partial charge is 0.327 e. The molecule has 25 valence electrons. The van der Waals surface area contributed by atoms with Gasteiger partial charge in [0.25, 0.3) is 0 Å². The fourth-order valence-electron chi connectivity index (χ4n) is 0. The molecule has 0 aromatic heterocycles. The van der Waals surface area contributed by atoms with E-state index in [4.69, 9.17) is 5.73 Å². The molecular formula is C3H7NNa. The zero-order valence-corrected chi connectivity index (χ0v) is 5.57. The molecule has 2 N–H and O–H groups in total. The minimum absolute atomic E-state index is 0. The van der Waals surface area contributed by atoms with Crippen molar-refractivity contribution >= 4 is 29.6 Å². The van der Waals surface area contributed by atoms with Crippen molar-refractivity contribution < 1.29 is 0 Å².